The van der Waals surface area contributed by atoms with Gasteiger partial charge in [-0.05, 0) is 58.8 Å². The van der Waals surface area contributed by atoms with Crippen molar-refractivity contribution in [2.45, 2.75) is 18.6 Å². The molecular weight excluding hydrogens is 458 g/mol. The second-order valence-electron chi connectivity index (χ2n) is 8.04. The van der Waals surface area contributed by atoms with Crippen molar-refractivity contribution in [2.24, 2.45) is 0 Å². The molecule has 5 heteroatoms. The lowest BCUT2D eigenvalue weighted by Gasteiger charge is -2.10. The fourth-order valence-electron chi connectivity index (χ4n) is 4.09. The van der Waals surface area contributed by atoms with Crippen molar-refractivity contribution in [3.8, 4) is 5.75 Å². The van der Waals surface area contributed by atoms with Crippen molar-refractivity contribution in [3.63, 3.8) is 0 Å². The molecule has 170 valence electrons. The third-order valence-corrected chi connectivity index (χ3v) is 7.75. The van der Waals surface area contributed by atoms with E-state index in [2.05, 4.69) is 47.2 Å². The Bertz CT molecular complexity index is 1410. The number of nitrogens with one attached hydrogen (secondary N) is 1. The molecule has 0 saturated carbocycles. The summed E-state index contributed by atoms with van der Waals surface area (Å²) in [4.78, 5) is 13.9. The molecule has 0 saturated heterocycles. The van der Waals surface area contributed by atoms with E-state index in [4.69, 9.17) is 4.74 Å². The van der Waals surface area contributed by atoms with Crippen LogP contribution in [0.5, 0.6) is 5.75 Å². The number of amides is 1. The number of hydrogen-bond acceptors (Lipinski definition) is 4. The Morgan fingerprint density at radius 1 is 0.824 bits per heavy atom. The lowest BCUT2D eigenvalue weighted by molar-refractivity contribution is 0.0987. The zero-order valence-corrected chi connectivity index (χ0v) is 20.3. The summed E-state index contributed by atoms with van der Waals surface area (Å²) in [6.45, 7) is 0.599. The molecule has 1 heterocycles. The van der Waals surface area contributed by atoms with E-state index < -0.39 is 0 Å². The number of fused-ring (bicyclic) bond motifs is 2. The van der Waals surface area contributed by atoms with E-state index >= 15 is 0 Å². The zero-order chi connectivity index (χ0) is 23.2. The van der Waals surface area contributed by atoms with Gasteiger partial charge >= 0.3 is 0 Å². The fraction of sp³-hybridized carbons (Fsp3) is 0.138. The highest BCUT2D eigenvalue weighted by Crippen LogP contribution is 2.33. The minimum absolute atomic E-state index is 0.0212. The van der Waals surface area contributed by atoms with Crippen molar-refractivity contribution in [1.29, 1.82) is 0 Å². The Labute approximate surface area is 207 Å². The van der Waals surface area contributed by atoms with Gasteiger partial charge < -0.3 is 4.74 Å². The van der Waals surface area contributed by atoms with Gasteiger partial charge in [0, 0.05) is 15.8 Å². The summed E-state index contributed by atoms with van der Waals surface area (Å²) in [5, 5.41) is 3.47. The first-order chi connectivity index (χ1) is 16.8. The van der Waals surface area contributed by atoms with Crippen LogP contribution in [0.1, 0.15) is 27.2 Å². The second kappa shape index (κ2) is 10.8. The van der Waals surface area contributed by atoms with Crippen LogP contribution in [0.4, 0.5) is 0 Å². The molecule has 1 aromatic heterocycles. The summed E-state index contributed by atoms with van der Waals surface area (Å²) in [7, 11) is 0. The minimum Gasteiger partial charge on any atom is -0.493 e. The van der Waals surface area contributed by atoms with Crippen LogP contribution in [-0.4, -0.2) is 12.5 Å². The Morgan fingerprint density at radius 3 is 2.44 bits per heavy atom. The minimum atomic E-state index is -0.0212. The molecule has 0 unspecified atom stereocenters. The standard InChI is InChI=1S/C29H25NO2S2/c31-29(30-33-20-21-10-2-1-3-11-21)28-25(24-15-6-7-18-27(24)34-28)16-9-19-32-26-17-8-13-22-12-4-5-14-23(22)26/h1-8,10-15,17-18H,9,16,19-20H2,(H,30,31). The number of carbonyl (C=O) groups excluding carboxylic acids is 1. The number of aryl methyl sites for hydroxylation is 1. The highest BCUT2D eigenvalue weighted by atomic mass is 32.2. The Kier molecular flexibility index (Phi) is 7.13. The average Bonchev–Trinajstić information content (AvgIpc) is 3.26. The normalized spacial score (nSPS) is 11.1. The van der Waals surface area contributed by atoms with Crippen LogP contribution in [0.3, 0.4) is 0 Å². The number of rotatable bonds is 9. The van der Waals surface area contributed by atoms with E-state index in [-0.39, 0.29) is 5.91 Å². The topological polar surface area (TPSA) is 38.3 Å². The van der Waals surface area contributed by atoms with E-state index in [1.807, 2.05) is 54.6 Å². The first-order valence-electron chi connectivity index (χ1n) is 11.4. The molecule has 0 aliphatic rings. The molecule has 0 fully saturated rings. The molecule has 4 aromatic carbocycles. The van der Waals surface area contributed by atoms with E-state index in [0.717, 1.165) is 50.3 Å². The van der Waals surface area contributed by atoms with Crippen LogP contribution in [-0.2, 0) is 12.2 Å². The predicted molar refractivity (Wildman–Crippen MR) is 145 cm³/mol. The zero-order valence-electron chi connectivity index (χ0n) is 18.7. The van der Waals surface area contributed by atoms with Crippen molar-refractivity contribution in [3.05, 3.63) is 113 Å². The van der Waals surface area contributed by atoms with E-state index in [0.29, 0.717) is 6.61 Å². The number of thiophene rings is 1. The third-order valence-electron chi connectivity index (χ3n) is 5.73. The van der Waals surface area contributed by atoms with Crippen LogP contribution in [0.25, 0.3) is 20.9 Å². The van der Waals surface area contributed by atoms with Crippen molar-refractivity contribution >= 4 is 50.1 Å². The van der Waals surface area contributed by atoms with Gasteiger partial charge in [-0.25, -0.2) is 0 Å². The van der Waals surface area contributed by atoms with Gasteiger partial charge in [0.15, 0.2) is 0 Å². The lowest BCUT2D eigenvalue weighted by Crippen LogP contribution is -2.16. The Morgan fingerprint density at radius 2 is 1.56 bits per heavy atom. The van der Waals surface area contributed by atoms with E-state index in [1.165, 1.54) is 22.9 Å². The third kappa shape index (κ3) is 5.11. The molecule has 5 rings (SSSR count). The molecule has 0 radical (unpaired) electrons. The van der Waals surface area contributed by atoms with Gasteiger partial charge in [0.2, 0.25) is 0 Å². The summed E-state index contributed by atoms with van der Waals surface area (Å²) in [6, 6.07) is 32.8. The van der Waals surface area contributed by atoms with Gasteiger partial charge in [0.25, 0.3) is 5.91 Å². The second-order valence-corrected chi connectivity index (χ2v) is 9.87. The summed E-state index contributed by atoms with van der Waals surface area (Å²) in [5.41, 5.74) is 2.30. The summed E-state index contributed by atoms with van der Waals surface area (Å²) < 4.78 is 10.3. The van der Waals surface area contributed by atoms with E-state index in [1.54, 1.807) is 11.3 Å². The van der Waals surface area contributed by atoms with Crippen molar-refractivity contribution in [2.75, 3.05) is 6.61 Å². The number of ether oxygens (including phenoxy) is 1. The van der Waals surface area contributed by atoms with Crippen molar-refractivity contribution < 1.29 is 9.53 Å². The molecular formula is C29H25NO2S2. The summed E-state index contributed by atoms with van der Waals surface area (Å²) >= 11 is 3.01. The Hall–Kier alpha value is -3.28. The number of carbonyl (C=O) groups is 1. The number of benzene rings is 4. The van der Waals surface area contributed by atoms with Gasteiger partial charge in [-0.15, -0.1) is 11.3 Å². The highest BCUT2D eigenvalue weighted by molar-refractivity contribution is 7.97. The van der Waals surface area contributed by atoms with E-state index in [9.17, 15) is 4.79 Å². The molecule has 34 heavy (non-hydrogen) atoms. The lowest BCUT2D eigenvalue weighted by atomic mass is 10.1. The summed E-state index contributed by atoms with van der Waals surface area (Å²) in [5.74, 6) is 1.63. The largest absolute Gasteiger partial charge is 0.493 e. The SMILES string of the molecule is O=C(NSCc1ccccc1)c1sc2ccccc2c1CCCOc1cccc2ccccc12. The molecule has 5 aromatic rings. The molecule has 0 aliphatic carbocycles. The molecule has 1 amide bonds. The predicted octanol–water partition coefficient (Wildman–Crippen LogP) is 7.64. The first-order valence-corrected chi connectivity index (χ1v) is 13.2. The van der Waals surface area contributed by atoms with Crippen LogP contribution < -0.4 is 9.46 Å². The van der Waals surface area contributed by atoms with Crippen LogP contribution in [0.15, 0.2) is 97.1 Å². The van der Waals surface area contributed by atoms with Gasteiger partial charge in [0.05, 0.1) is 11.5 Å². The fourth-order valence-corrected chi connectivity index (χ4v) is 5.96. The first kappa shape index (κ1) is 22.5. The van der Waals surface area contributed by atoms with Crippen LogP contribution in [0, 0.1) is 0 Å². The monoisotopic (exact) mass is 483 g/mol. The molecule has 0 aliphatic heterocycles. The summed E-state index contributed by atoms with van der Waals surface area (Å²) in [6.07, 6.45) is 1.63. The average molecular weight is 484 g/mol. The van der Waals surface area contributed by atoms with Gasteiger partial charge in [-0.3, -0.25) is 9.52 Å². The maximum Gasteiger partial charge on any atom is 0.271 e. The van der Waals surface area contributed by atoms with Gasteiger partial charge in [-0.2, -0.15) is 0 Å². The maximum absolute atomic E-state index is 13.1. The van der Waals surface area contributed by atoms with Crippen molar-refractivity contribution in [1.82, 2.24) is 4.72 Å². The Balaban J connectivity index is 1.25. The molecule has 0 atom stereocenters. The molecule has 3 nitrogen and oxygen atoms in total. The van der Waals surface area contributed by atoms with Gasteiger partial charge in [0.1, 0.15) is 5.75 Å². The molecule has 1 N–H and O–H groups in total. The van der Waals surface area contributed by atoms with Crippen LogP contribution >= 0.6 is 23.3 Å². The quantitative estimate of drug-likeness (QED) is 0.173. The molecule has 0 bridgehead atoms. The van der Waals surface area contributed by atoms with Gasteiger partial charge in [-0.1, -0.05) is 84.9 Å². The highest BCUT2D eigenvalue weighted by Gasteiger charge is 2.18. The molecule has 0 spiro atoms. The number of hydrogen-bond donors (Lipinski definition) is 1. The van der Waals surface area contributed by atoms with Crippen LogP contribution in [0.2, 0.25) is 0 Å². The maximum atomic E-state index is 13.1. The smallest absolute Gasteiger partial charge is 0.271 e.